The van der Waals surface area contributed by atoms with Crippen molar-refractivity contribution in [2.24, 2.45) is 7.05 Å². The summed E-state index contributed by atoms with van der Waals surface area (Å²) in [5, 5.41) is 0.989. The number of benzene rings is 1. The Labute approximate surface area is 93.5 Å². The first-order valence-electron chi connectivity index (χ1n) is 4.80. The summed E-state index contributed by atoms with van der Waals surface area (Å²) in [6, 6.07) is 7.87. The van der Waals surface area contributed by atoms with E-state index < -0.39 is 0 Å². The van der Waals surface area contributed by atoms with E-state index in [4.69, 9.17) is 11.6 Å². The highest BCUT2D eigenvalue weighted by Crippen LogP contribution is 2.25. The molecule has 15 heavy (non-hydrogen) atoms. The molecular formula is C12H12ClNO. The number of hydrogen-bond donors (Lipinski definition) is 0. The quantitative estimate of drug-likeness (QED) is 0.565. The van der Waals surface area contributed by atoms with Crippen molar-refractivity contribution >= 4 is 28.3 Å². The van der Waals surface area contributed by atoms with Crippen LogP contribution in [0, 0.1) is 6.92 Å². The summed E-state index contributed by atoms with van der Waals surface area (Å²) in [6.45, 7) is 1.94. The van der Waals surface area contributed by atoms with Gasteiger partial charge in [-0.15, -0.1) is 11.6 Å². The van der Waals surface area contributed by atoms with Gasteiger partial charge in [-0.3, -0.25) is 4.79 Å². The summed E-state index contributed by atoms with van der Waals surface area (Å²) in [7, 11) is 1.96. The van der Waals surface area contributed by atoms with Crippen molar-refractivity contribution in [3.63, 3.8) is 0 Å². The smallest absolute Gasteiger partial charge is 0.180 e. The number of aryl methyl sites for hydroxylation is 1. The normalized spacial score (nSPS) is 10.9. The lowest BCUT2D eigenvalue weighted by Crippen LogP contribution is -2.02. The summed E-state index contributed by atoms with van der Waals surface area (Å²) in [5.74, 6) is 0.0282. The van der Waals surface area contributed by atoms with Crippen LogP contribution in [0.4, 0.5) is 0 Å². The van der Waals surface area contributed by atoms with Gasteiger partial charge in [-0.05, 0) is 13.0 Å². The van der Waals surface area contributed by atoms with E-state index in [1.54, 1.807) is 0 Å². The molecule has 0 fully saturated rings. The van der Waals surface area contributed by atoms with Gasteiger partial charge in [-0.1, -0.05) is 18.2 Å². The molecule has 0 amide bonds. The number of hydrogen-bond acceptors (Lipinski definition) is 1. The summed E-state index contributed by atoms with van der Waals surface area (Å²) in [6.07, 6.45) is 0. The number of carbonyl (C=O) groups excluding carboxylic acids is 1. The second-order valence-corrected chi connectivity index (χ2v) is 3.86. The van der Waals surface area contributed by atoms with Crippen molar-refractivity contribution in [3.05, 3.63) is 35.5 Å². The second-order valence-electron chi connectivity index (χ2n) is 3.59. The lowest BCUT2D eigenvalue weighted by Gasteiger charge is -1.98. The van der Waals surface area contributed by atoms with E-state index >= 15 is 0 Å². The Morgan fingerprint density at radius 1 is 1.40 bits per heavy atom. The number of nitrogens with zero attached hydrogens (tertiary/aromatic N) is 1. The number of fused-ring (bicyclic) bond motifs is 1. The molecule has 0 N–H and O–H groups in total. The van der Waals surface area contributed by atoms with Crippen molar-refractivity contribution in [2.75, 3.05) is 5.88 Å². The van der Waals surface area contributed by atoms with Crippen molar-refractivity contribution in [3.8, 4) is 0 Å². The van der Waals surface area contributed by atoms with Gasteiger partial charge in [-0.25, -0.2) is 0 Å². The molecule has 0 unspecified atom stereocenters. The minimum absolute atomic E-state index is 0.00836. The van der Waals surface area contributed by atoms with Crippen LogP contribution in [0.15, 0.2) is 24.3 Å². The maximum atomic E-state index is 11.7. The molecule has 2 aromatic rings. The summed E-state index contributed by atoms with van der Waals surface area (Å²) >= 11 is 5.61. The average Bonchev–Trinajstić information content (AvgIpc) is 2.52. The fourth-order valence-corrected chi connectivity index (χ4v) is 2.07. The van der Waals surface area contributed by atoms with Crippen LogP contribution in [0.1, 0.15) is 16.1 Å². The number of carbonyl (C=O) groups is 1. The molecular weight excluding hydrogens is 210 g/mol. The summed E-state index contributed by atoms with van der Waals surface area (Å²) in [4.78, 5) is 11.7. The highest BCUT2D eigenvalue weighted by molar-refractivity contribution is 6.32. The molecule has 0 bridgehead atoms. The third-order valence-electron chi connectivity index (χ3n) is 2.80. The van der Waals surface area contributed by atoms with Gasteiger partial charge in [0.2, 0.25) is 0 Å². The average molecular weight is 222 g/mol. The molecule has 3 heteroatoms. The highest BCUT2D eigenvalue weighted by Gasteiger charge is 2.16. The van der Waals surface area contributed by atoms with Gasteiger partial charge in [0.05, 0.1) is 5.88 Å². The van der Waals surface area contributed by atoms with Crippen LogP contribution in [-0.4, -0.2) is 16.2 Å². The van der Waals surface area contributed by atoms with E-state index in [1.807, 2.05) is 42.8 Å². The van der Waals surface area contributed by atoms with E-state index in [1.165, 1.54) is 0 Å². The molecule has 78 valence electrons. The predicted molar refractivity (Wildman–Crippen MR) is 62.7 cm³/mol. The van der Waals surface area contributed by atoms with Crippen LogP contribution in [0.25, 0.3) is 10.9 Å². The Kier molecular flexibility index (Phi) is 2.53. The molecule has 0 aliphatic rings. The number of aromatic nitrogens is 1. The van der Waals surface area contributed by atoms with Crippen LogP contribution in [0.5, 0.6) is 0 Å². The van der Waals surface area contributed by atoms with Gasteiger partial charge >= 0.3 is 0 Å². The molecule has 0 radical (unpaired) electrons. The van der Waals surface area contributed by atoms with E-state index in [2.05, 4.69) is 0 Å². The van der Waals surface area contributed by atoms with Crippen LogP contribution < -0.4 is 0 Å². The zero-order valence-corrected chi connectivity index (χ0v) is 9.51. The van der Waals surface area contributed by atoms with Gasteiger partial charge in [0.15, 0.2) is 5.78 Å². The maximum Gasteiger partial charge on any atom is 0.180 e. The van der Waals surface area contributed by atoms with Crippen LogP contribution in [0.3, 0.4) is 0 Å². The number of ketones is 1. The van der Waals surface area contributed by atoms with Crippen LogP contribution >= 0.6 is 11.6 Å². The van der Waals surface area contributed by atoms with Gasteiger partial charge in [-0.2, -0.15) is 0 Å². The number of alkyl halides is 1. The van der Waals surface area contributed by atoms with E-state index in [0.717, 1.165) is 22.2 Å². The topological polar surface area (TPSA) is 22.0 Å². The fraction of sp³-hybridized carbons (Fsp3) is 0.250. The third kappa shape index (κ3) is 1.45. The SMILES string of the molecule is Cc1c(C(=O)CCl)c2ccccc2n1C. The van der Waals surface area contributed by atoms with Crippen LogP contribution in [0.2, 0.25) is 0 Å². The van der Waals surface area contributed by atoms with Gasteiger partial charge in [0.1, 0.15) is 0 Å². The second kappa shape index (κ2) is 3.70. The minimum Gasteiger partial charge on any atom is -0.347 e. The van der Waals surface area contributed by atoms with E-state index in [-0.39, 0.29) is 11.7 Å². The van der Waals surface area contributed by atoms with E-state index in [9.17, 15) is 4.79 Å². The van der Waals surface area contributed by atoms with Crippen molar-refractivity contribution in [1.29, 1.82) is 0 Å². The predicted octanol–water partition coefficient (Wildman–Crippen LogP) is 2.91. The molecule has 0 saturated heterocycles. The lowest BCUT2D eigenvalue weighted by molar-refractivity contribution is 0.102. The molecule has 0 spiro atoms. The number of para-hydroxylation sites is 1. The minimum atomic E-state index is -0.00836. The maximum absolute atomic E-state index is 11.7. The molecule has 0 aliphatic heterocycles. The van der Waals surface area contributed by atoms with Crippen molar-refractivity contribution in [1.82, 2.24) is 4.57 Å². The number of rotatable bonds is 2. The first kappa shape index (κ1) is 10.2. The molecule has 2 nitrogen and oxygen atoms in total. The van der Waals surface area contributed by atoms with Gasteiger partial charge in [0, 0.05) is 29.2 Å². The fourth-order valence-electron chi connectivity index (χ4n) is 1.94. The molecule has 0 atom stereocenters. The molecule has 1 aromatic heterocycles. The van der Waals surface area contributed by atoms with Crippen LogP contribution in [-0.2, 0) is 7.05 Å². The van der Waals surface area contributed by atoms with Crippen molar-refractivity contribution in [2.45, 2.75) is 6.92 Å². The molecule has 1 heterocycles. The monoisotopic (exact) mass is 221 g/mol. The molecule has 2 rings (SSSR count). The van der Waals surface area contributed by atoms with Gasteiger partial charge in [0.25, 0.3) is 0 Å². The van der Waals surface area contributed by atoms with E-state index in [0.29, 0.717) is 0 Å². The summed E-state index contributed by atoms with van der Waals surface area (Å²) in [5.41, 5.74) is 2.80. The Bertz CT molecular complexity index is 528. The summed E-state index contributed by atoms with van der Waals surface area (Å²) < 4.78 is 2.02. The standard InChI is InChI=1S/C12H12ClNO/c1-8-12(11(15)7-13)9-5-3-4-6-10(9)14(8)2/h3-6H,7H2,1-2H3. The highest BCUT2D eigenvalue weighted by atomic mass is 35.5. The van der Waals surface area contributed by atoms with Crippen molar-refractivity contribution < 1.29 is 4.79 Å². The first-order chi connectivity index (χ1) is 7.16. The zero-order chi connectivity index (χ0) is 11.0. The Balaban J connectivity index is 2.83. The number of halogens is 1. The Hall–Kier alpha value is -1.28. The molecule has 0 saturated carbocycles. The zero-order valence-electron chi connectivity index (χ0n) is 8.75. The van der Waals surface area contributed by atoms with Gasteiger partial charge < -0.3 is 4.57 Å². The third-order valence-corrected chi connectivity index (χ3v) is 3.04. The molecule has 0 aliphatic carbocycles. The number of Topliss-reactive ketones (excluding diaryl/α,β-unsaturated/α-hetero) is 1. The Morgan fingerprint density at radius 3 is 2.73 bits per heavy atom. The molecule has 1 aromatic carbocycles. The lowest BCUT2D eigenvalue weighted by atomic mass is 10.1. The largest absolute Gasteiger partial charge is 0.347 e. The first-order valence-corrected chi connectivity index (χ1v) is 5.33. The Morgan fingerprint density at radius 2 is 2.07 bits per heavy atom.